The fourth-order valence-corrected chi connectivity index (χ4v) is 8.05. The molecule has 0 saturated heterocycles. The van der Waals surface area contributed by atoms with Gasteiger partial charge in [-0.3, -0.25) is 4.79 Å². The quantitative estimate of drug-likeness (QED) is 0.0829. The van der Waals surface area contributed by atoms with E-state index in [-0.39, 0.29) is 46.2 Å². The highest BCUT2D eigenvalue weighted by Gasteiger charge is 2.47. The number of carbonyl (C=O) groups is 1. The second-order valence-corrected chi connectivity index (χ2v) is 25.9. The van der Waals surface area contributed by atoms with Crippen molar-refractivity contribution in [2.24, 2.45) is 11.8 Å². The van der Waals surface area contributed by atoms with Gasteiger partial charge in [-0.25, -0.2) is 0 Å². The Kier molecular flexibility index (Phi) is 15.0. The summed E-state index contributed by atoms with van der Waals surface area (Å²) >= 11 is 0. The first-order chi connectivity index (χ1) is 20.7. The Morgan fingerprint density at radius 2 is 1.60 bits per heavy atom. The van der Waals surface area contributed by atoms with Gasteiger partial charge in [-0.15, -0.1) is 0 Å². The molecule has 7 heteroatoms. The van der Waals surface area contributed by atoms with E-state index in [1.165, 1.54) is 5.56 Å². The van der Waals surface area contributed by atoms with Crippen LogP contribution in [0.5, 0.6) is 0 Å². The fraction of sp³-hybridized carbons (Fsp3) is 0.711. The molecular weight excluding hydrogens is 593 g/mol. The van der Waals surface area contributed by atoms with Gasteiger partial charge in [0.25, 0.3) is 0 Å². The van der Waals surface area contributed by atoms with Crippen LogP contribution in [0.3, 0.4) is 0 Å². The highest BCUT2D eigenvalue weighted by Crippen LogP contribution is 2.44. The number of carbonyl (C=O) groups excluding carboxylic acids is 1. The van der Waals surface area contributed by atoms with Crippen molar-refractivity contribution < 1.29 is 23.5 Å². The summed E-state index contributed by atoms with van der Waals surface area (Å²) < 4.78 is 19.3. The van der Waals surface area contributed by atoms with Gasteiger partial charge < -0.3 is 18.7 Å². The van der Waals surface area contributed by atoms with Crippen LogP contribution < -0.4 is 0 Å². The van der Waals surface area contributed by atoms with Gasteiger partial charge in [-0.1, -0.05) is 96.2 Å². The van der Waals surface area contributed by atoms with Gasteiger partial charge >= 0.3 is 5.97 Å². The molecule has 5 nitrogen and oxygen atoms in total. The Bertz CT molecular complexity index is 1080. The zero-order valence-corrected chi connectivity index (χ0v) is 32.7. The summed E-state index contributed by atoms with van der Waals surface area (Å²) in [5.41, 5.74) is 1.32. The fourth-order valence-electron chi connectivity index (χ4n) is 5.38. The number of hydrogen-bond acceptors (Lipinski definition) is 5. The van der Waals surface area contributed by atoms with Crippen molar-refractivity contribution >= 4 is 22.6 Å². The molecule has 0 heterocycles. The maximum atomic E-state index is 11.9. The standard InChI is InChI=1S/C38H66O5Si2/c1-29(2)41-36(40)23-19-14-13-18-22-32-33(35(28-34(32)39)43-45(11,12)38(6,7)8)27-26-31(42-44(9,10)37(3,4)5)25-24-30-20-16-15-17-21-30/h13,15-18,20-21,26-27,29,31-35,39H,14,19,22-25,28H2,1-12H3/t31?,32-,33-,34+,35?/m1/s1. The molecule has 1 saturated carbocycles. The van der Waals surface area contributed by atoms with Crippen LogP contribution >= 0.6 is 0 Å². The topological polar surface area (TPSA) is 65.0 Å². The van der Waals surface area contributed by atoms with Crippen LogP contribution in [0, 0.1) is 11.8 Å². The van der Waals surface area contributed by atoms with Crippen LogP contribution in [0.4, 0.5) is 0 Å². The third kappa shape index (κ3) is 12.9. The average molecular weight is 659 g/mol. The summed E-state index contributed by atoms with van der Waals surface area (Å²) in [4.78, 5) is 11.9. The molecule has 1 N–H and O–H groups in total. The minimum Gasteiger partial charge on any atom is -0.463 e. The molecule has 2 unspecified atom stereocenters. The summed E-state index contributed by atoms with van der Waals surface area (Å²) in [5.74, 6) is 0.0324. The minimum absolute atomic E-state index is 0.000788. The summed E-state index contributed by atoms with van der Waals surface area (Å²) in [6.45, 7) is 26.7. The molecule has 0 amide bonds. The van der Waals surface area contributed by atoms with Crippen LogP contribution in [0.1, 0.15) is 99.5 Å². The number of aryl methyl sites for hydroxylation is 1. The Balaban J connectivity index is 2.29. The lowest BCUT2D eigenvalue weighted by molar-refractivity contribution is -0.147. The SMILES string of the molecule is CC(C)OC(=O)CCCC=CC[C@H]1[C@@H](O)CC(O[Si](C)(C)C(C)(C)C)[C@@H]1C=CC(CCc1ccccc1)O[Si](C)(C)C(C)(C)C. The van der Waals surface area contributed by atoms with E-state index in [1.54, 1.807) is 0 Å². The Morgan fingerprint density at radius 3 is 2.18 bits per heavy atom. The maximum Gasteiger partial charge on any atom is 0.306 e. The van der Waals surface area contributed by atoms with E-state index in [2.05, 4.69) is 122 Å². The predicted octanol–water partition coefficient (Wildman–Crippen LogP) is 10.0. The first-order valence-electron chi connectivity index (χ1n) is 17.3. The molecule has 0 spiro atoms. The molecule has 45 heavy (non-hydrogen) atoms. The highest BCUT2D eigenvalue weighted by molar-refractivity contribution is 6.74. The van der Waals surface area contributed by atoms with Crippen LogP contribution in [-0.2, 0) is 24.8 Å². The summed E-state index contributed by atoms with van der Waals surface area (Å²) in [5, 5.41) is 11.6. The molecule has 1 fully saturated rings. The molecule has 0 bridgehead atoms. The second kappa shape index (κ2) is 17.0. The molecule has 1 aromatic carbocycles. The number of aliphatic hydroxyl groups excluding tert-OH is 1. The third-order valence-electron chi connectivity index (χ3n) is 10.2. The molecule has 1 aliphatic carbocycles. The van der Waals surface area contributed by atoms with Crippen molar-refractivity contribution in [1.29, 1.82) is 0 Å². The van der Waals surface area contributed by atoms with Crippen LogP contribution in [-0.4, -0.2) is 52.1 Å². The lowest BCUT2D eigenvalue weighted by atomic mass is 9.89. The van der Waals surface area contributed by atoms with E-state index in [4.69, 9.17) is 13.6 Å². The van der Waals surface area contributed by atoms with E-state index in [0.29, 0.717) is 12.8 Å². The van der Waals surface area contributed by atoms with Gasteiger partial charge in [0.1, 0.15) is 0 Å². The first-order valence-corrected chi connectivity index (χ1v) is 23.2. The number of benzene rings is 1. The number of esters is 1. The largest absolute Gasteiger partial charge is 0.463 e. The van der Waals surface area contributed by atoms with Crippen molar-refractivity contribution in [3.05, 3.63) is 60.2 Å². The lowest BCUT2D eigenvalue weighted by Gasteiger charge is -2.40. The smallest absolute Gasteiger partial charge is 0.306 e. The van der Waals surface area contributed by atoms with E-state index in [0.717, 1.165) is 32.1 Å². The van der Waals surface area contributed by atoms with Crippen LogP contribution in [0.2, 0.25) is 36.3 Å². The average Bonchev–Trinajstić information content (AvgIpc) is 3.19. The predicted molar refractivity (Wildman–Crippen MR) is 194 cm³/mol. The normalized spacial score (nSPS) is 22.5. The second-order valence-electron chi connectivity index (χ2n) is 16.4. The van der Waals surface area contributed by atoms with Crippen LogP contribution in [0.25, 0.3) is 0 Å². The van der Waals surface area contributed by atoms with Crippen molar-refractivity contribution in [2.75, 3.05) is 0 Å². The van der Waals surface area contributed by atoms with Crippen LogP contribution in [0.15, 0.2) is 54.6 Å². The Hall–Kier alpha value is -1.52. The molecular formula is C38H66O5Si2. The van der Waals surface area contributed by atoms with E-state index < -0.39 is 22.7 Å². The molecule has 5 atom stereocenters. The molecule has 1 aromatic rings. The molecule has 256 valence electrons. The minimum atomic E-state index is -2.05. The first kappa shape index (κ1) is 39.7. The molecule has 1 aliphatic rings. The van der Waals surface area contributed by atoms with E-state index >= 15 is 0 Å². The Morgan fingerprint density at radius 1 is 0.978 bits per heavy atom. The van der Waals surface area contributed by atoms with Crippen molar-refractivity contribution in [3.63, 3.8) is 0 Å². The molecule has 2 rings (SSSR count). The summed E-state index contributed by atoms with van der Waals surface area (Å²) in [6.07, 6.45) is 13.8. The number of unbranched alkanes of at least 4 members (excludes halogenated alkanes) is 1. The van der Waals surface area contributed by atoms with Gasteiger partial charge in [-0.05, 0) is 100 Å². The number of rotatable bonds is 16. The van der Waals surface area contributed by atoms with Crippen molar-refractivity contribution in [3.8, 4) is 0 Å². The monoisotopic (exact) mass is 658 g/mol. The van der Waals surface area contributed by atoms with Crippen molar-refractivity contribution in [1.82, 2.24) is 0 Å². The highest BCUT2D eigenvalue weighted by atomic mass is 28.4. The number of allylic oxidation sites excluding steroid dienone is 2. The molecule has 0 radical (unpaired) electrons. The molecule has 0 aliphatic heterocycles. The van der Waals surface area contributed by atoms with E-state index in [1.807, 2.05) is 13.8 Å². The maximum absolute atomic E-state index is 11.9. The van der Waals surface area contributed by atoms with Gasteiger partial charge in [0, 0.05) is 12.3 Å². The van der Waals surface area contributed by atoms with Crippen molar-refractivity contribution in [2.45, 2.75) is 161 Å². The number of ether oxygens (including phenoxy) is 1. The lowest BCUT2D eigenvalue weighted by Crippen LogP contribution is -2.45. The zero-order chi connectivity index (χ0) is 34.1. The van der Waals surface area contributed by atoms with Gasteiger partial charge in [-0.2, -0.15) is 0 Å². The summed E-state index contributed by atoms with van der Waals surface area (Å²) in [6, 6.07) is 10.7. The third-order valence-corrected chi connectivity index (χ3v) is 19.2. The van der Waals surface area contributed by atoms with Gasteiger partial charge in [0.05, 0.1) is 24.4 Å². The number of hydrogen-bond donors (Lipinski definition) is 1. The molecule has 0 aromatic heterocycles. The van der Waals surface area contributed by atoms with E-state index in [9.17, 15) is 9.90 Å². The Labute approximate surface area is 278 Å². The summed E-state index contributed by atoms with van der Waals surface area (Å²) in [7, 11) is -4.07. The van der Waals surface area contributed by atoms with Gasteiger partial charge in [0.2, 0.25) is 0 Å². The number of aliphatic hydroxyl groups is 1. The van der Waals surface area contributed by atoms with Gasteiger partial charge in [0.15, 0.2) is 16.6 Å². The zero-order valence-electron chi connectivity index (χ0n) is 30.7.